The van der Waals surface area contributed by atoms with Crippen molar-refractivity contribution in [3.63, 3.8) is 0 Å². The third kappa shape index (κ3) is 2.07. The number of rotatable bonds is 2. The van der Waals surface area contributed by atoms with Crippen LogP contribution < -0.4 is 4.74 Å². The Morgan fingerprint density at radius 1 is 1.33 bits per heavy atom. The van der Waals surface area contributed by atoms with Crippen LogP contribution in [0.5, 0.6) is 5.75 Å². The van der Waals surface area contributed by atoms with Crippen molar-refractivity contribution in [2.75, 3.05) is 14.2 Å². The summed E-state index contributed by atoms with van der Waals surface area (Å²) >= 11 is 6.07. The zero-order valence-electron chi connectivity index (χ0n) is 9.18. The highest BCUT2D eigenvalue weighted by atomic mass is 35.5. The highest BCUT2D eigenvalue weighted by Gasteiger charge is 2.18. The fourth-order valence-corrected chi connectivity index (χ4v) is 1.64. The van der Waals surface area contributed by atoms with E-state index in [1.165, 1.54) is 14.2 Å². The standard InChI is InChI=1S/C11H13ClO3/c1-6-5-8(11(13)15-4)10(14-3)9(12)7(6)2/h5H,1-4H3. The number of methoxy groups -OCH3 is 2. The quantitative estimate of drug-likeness (QED) is 0.731. The first-order valence-corrected chi connectivity index (χ1v) is 4.82. The van der Waals surface area contributed by atoms with Gasteiger partial charge in [0.1, 0.15) is 5.56 Å². The summed E-state index contributed by atoms with van der Waals surface area (Å²) < 4.78 is 9.75. The average molecular weight is 229 g/mol. The maximum atomic E-state index is 11.4. The molecule has 82 valence electrons. The van der Waals surface area contributed by atoms with Crippen LogP contribution in [-0.4, -0.2) is 20.2 Å². The fraction of sp³-hybridized carbons (Fsp3) is 0.364. The molecule has 15 heavy (non-hydrogen) atoms. The molecular formula is C11H13ClO3. The van der Waals surface area contributed by atoms with Crippen LogP contribution >= 0.6 is 11.6 Å². The van der Waals surface area contributed by atoms with Crippen LogP contribution in [-0.2, 0) is 4.74 Å². The van der Waals surface area contributed by atoms with E-state index in [1.807, 2.05) is 13.8 Å². The molecule has 0 saturated heterocycles. The van der Waals surface area contributed by atoms with E-state index in [1.54, 1.807) is 6.07 Å². The number of carbonyl (C=O) groups is 1. The molecule has 0 aliphatic carbocycles. The second-order valence-corrected chi connectivity index (χ2v) is 3.58. The van der Waals surface area contributed by atoms with Crippen LogP contribution in [0.3, 0.4) is 0 Å². The first-order valence-electron chi connectivity index (χ1n) is 4.45. The summed E-state index contributed by atoms with van der Waals surface area (Å²) in [5, 5.41) is 0.456. The molecule has 0 radical (unpaired) electrons. The van der Waals surface area contributed by atoms with Gasteiger partial charge in [0.15, 0.2) is 5.75 Å². The number of carbonyl (C=O) groups excluding carboxylic acids is 1. The van der Waals surface area contributed by atoms with E-state index in [-0.39, 0.29) is 0 Å². The van der Waals surface area contributed by atoms with Gasteiger partial charge in [0, 0.05) is 0 Å². The number of ether oxygens (including phenoxy) is 2. The van der Waals surface area contributed by atoms with Crippen LogP contribution in [0.1, 0.15) is 21.5 Å². The predicted molar refractivity (Wildman–Crippen MR) is 58.8 cm³/mol. The lowest BCUT2D eigenvalue weighted by atomic mass is 10.0. The number of benzene rings is 1. The Kier molecular flexibility index (Phi) is 3.58. The number of esters is 1. The molecule has 4 heteroatoms. The zero-order valence-corrected chi connectivity index (χ0v) is 9.94. The van der Waals surface area contributed by atoms with E-state index < -0.39 is 5.97 Å². The second-order valence-electron chi connectivity index (χ2n) is 3.20. The number of hydrogen-bond acceptors (Lipinski definition) is 3. The topological polar surface area (TPSA) is 35.5 Å². The second kappa shape index (κ2) is 4.53. The van der Waals surface area contributed by atoms with Gasteiger partial charge in [0.05, 0.1) is 19.2 Å². The van der Waals surface area contributed by atoms with Crippen molar-refractivity contribution in [2.24, 2.45) is 0 Å². The summed E-state index contributed by atoms with van der Waals surface area (Å²) in [6.07, 6.45) is 0. The maximum Gasteiger partial charge on any atom is 0.341 e. The van der Waals surface area contributed by atoms with Crippen molar-refractivity contribution < 1.29 is 14.3 Å². The molecule has 0 N–H and O–H groups in total. The van der Waals surface area contributed by atoms with Crippen molar-refractivity contribution in [1.29, 1.82) is 0 Å². The number of hydrogen-bond donors (Lipinski definition) is 0. The molecule has 0 bridgehead atoms. The van der Waals surface area contributed by atoms with E-state index in [2.05, 4.69) is 4.74 Å². The predicted octanol–water partition coefficient (Wildman–Crippen LogP) is 2.75. The smallest absolute Gasteiger partial charge is 0.341 e. The molecule has 0 heterocycles. The molecule has 0 spiro atoms. The normalized spacial score (nSPS) is 9.93. The number of halogens is 1. The van der Waals surface area contributed by atoms with E-state index in [0.717, 1.165) is 11.1 Å². The maximum absolute atomic E-state index is 11.4. The van der Waals surface area contributed by atoms with E-state index >= 15 is 0 Å². The summed E-state index contributed by atoms with van der Waals surface area (Å²) in [4.78, 5) is 11.4. The van der Waals surface area contributed by atoms with E-state index in [4.69, 9.17) is 16.3 Å². The molecule has 3 nitrogen and oxygen atoms in total. The molecule has 1 rings (SSSR count). The van der Waals surface area contributed by atoms with Crippen LogP contribution in [0.15, 0.2) is 6.07 Å². The lowest BCUT2D eigenvalue weighted by Crippen LogP contribution is -2.06. The Balaban J connectivity index is 3.45. The van der Waals surface area contributed by atoms with Crippen molar-refractivity contribution in [2.45, 2.75) is 13.8 Å². The lowest BCUT2D eigenvalue weighted by Gasteiger charge is -2.12. The minimum absolute atomic E-state index is 0.355. The van der Waals surface area contributed by atoms with Crippen molar-refractivity contribution >= 4 is 17.6 Å². The molecule has 1 aromatic carbocycles. The van der Waals surface area contributed by atoms with Gasteiger partial charge in [-0.05, 0) is 31.0 Å². The van der Waals surface area contributed by atoms with Gasteiger partial charge >= 0.3 is 5.97 Å². The SMILES string of the molecule is COC(=O)c1cc(C)c(C)c(Cl)c1OC. The molecular weight excluding hydrogens is 216 g/mol. The molecule has 0 saturated carbocycles. The van der Waals surface area contributed by atoms with Gasteiger partial charge in [-0.3, -0.25) is 0 Å². The Morgan fingerprint density at radius 3 is 2.40 bits per heavy atom. The molecule has 1 aromatic rings. The zero-order chi connectivity index (χ0) is 11.6. The van der Waals surface area contributed by atoms with Crippen LogP contribution in [0.4, 0.5) is 0 Å². The molecule has 0 aliphatic heterocycles. The summed E-state index contributed by atoms with van der Waals surface area (Å²) in [6.45, 7) is 3.76. The van der Waals surface area contributed by atoms with Crippen molar-refractivity contribution in [1.82, 2.24) is 0 Å². The minimum Gasteiger partial charge on any atom is -0.494 e. The summed E-state index contributed by atoms with van der Waals surface area (Å²) in [6, 6.07) is 1.71. The molecule has 0 unspecified atom stereocenters. The monoisotopic (exact) mass is 228 g/mol. The summed E-state index contributed by atoms with van der Waals surface area (Å²) in [5.74, 6) is -0.0801. The molecule has 0 fully saturated rings. The minimum atomic E-state index is -0.447. The van der Waals surface area contributed by atoms with Gasteiger partial charge in [-0.1, -0.05) is 11.6 Å². The molecule has 0 aliphatic rings. The Labute approximate surface area is 93.9 Å². The lowest BCUT2D eigenvalue weighted by molar-refractivity contribution is 0.0597. The van der Waals surface area contributed by atoms with Crippen LogP contribution in [0.25, 0.3) is 0 Å². The van der Waals surface area contributed by atoms with Gasteiger partial charge < -0.3 is 9.47 Å². The van der Waals surface area contributed by atoms with Gasteiger partial charge in [-0.2, -0.15) is 0 Å². The molecule has 0 aromatic heterocycles. The highest BCUT2D eigenvalue weighted by molar-refractivity contribution is 6.33. The first-order chi connectivity index (χ1) is 7.02. The highest BCUT2D eigenvalue weighted by Crippen LogP contribution is 2.34. The van der Waals surface area contributed by atoms with Gasteiger partial charge in [0.25, 0.3) is 0 Å². The third-order valence-electron chi connectivity index (χ3n) is 2.33. The third-order valence-corrected chi connectivity index (χ3v) is 2.79. The van der Waals surface area contributed by atoms with Gasteiger partial charge in [-0.15, -0.1) is 0 Å². The largest absolute Gasteiger partial charge is 0.494 e. The van der Waals surface area contributed by atoms with E-state index in [9.17, 15) is 4.79 Å². The summed E-state index contributed by atoms with van der Waals surface area (Å²) in [5.41, 5.74) is 2.19. The molecule has 0 atom stereocenters. The first kappa shape index (κ1) is 11.9. The number of aryl methyl sites for hydroxylation is 1. The summed E-state index contributed by atoms with van der Waals surface area (Å²) in [7, 11) is 2.80. The Morgan fingerprint density at radius 2 is 1.93 bits per heavy atom. The Hall–Kier alpha value is -1.22. The van der Waals surface area contributed by atoms with Gasteiger partial charge in [-0.25, -0.2) is 4.79 Å². The fourth-order valence-electron chi connectivity index (χ4n) is 1.31. The average Bonchev–Trinajstić information content (AvgIpc) is 2.24. The van der Waals surface area contributed by atoms with Crippen LogP contribution in [0, 0.1) is 13.8 Å². The Bertz CT molecular complexity index is 399. The van der Waals surface area contributed by atoms with Gasteiger partial charge in [0.2, 0.25) is 0 Å². The van der Waals surface area contributed by atoms with Crippen molar-refractivity contribution in [3.8, 4) is 5.75 Å². The van der Waals surface area contributed by atoms with Crippen molar-refractivity contribution in [3.05, 3.63) is 27.8 Å². The van der Waals surface area contributed by atoms with E-state index in [0.29, 0.717) is 16.3 Å². The van der Waals surface area contributed by atoms with Crippen LogP contribution in [0.2, 0.25) is 5.02 Å². The molecule has 0 amide bonds.